The van der Waals surface area contributed by atoms with Gasteiger partial charge in [-0.05, 0) is 29.7 Å². The minimum atomic E-state index is -0.598. The molecule has 0 aliphatic carbocycles. The maximum absolute atomic E-state index is 13.1. The summed E-state index contributed by atoms with van der Waals surface area (Å²) < 4.78 is 6.76. The molecule has 7 nitrogen and oxygen atoms in total. The lowest BCUT2D eigenvalue weighted by molar-refractivity contribution is 0.0782. The van der Waals surface area contributed by atoms with Crippen molar-refractivity contribution < 1.29 is 14.3 Å². The van der Waals surface area contributed by atoms with Gasteiger partial charge in [-0.2, -0.15) is 0 Å². The van der Waals surface area contributed by atoms with Crippen LogP contribution in [0.2, 0.25) is 5.02 Å². The summed E-state index contributed by atoms with van der Waals surface area (Å²) in [6.07, 6.45) is 3.50. The molecule has 0 aliphatic heterocycles. The van der Waals surface area contributed by atoms with Gasteiger partial charge in [-0.25, -0.2) is 0 Å². The van der Waals surface area contributed by atoms with Gasteiger partial charge in [0.05, 0.1) is 6.61 Å². The molecule has 0 radical (unpaired) electrons. The van der Waals surface area contributed by atoms with Gasteiger partial charge >= 0.3 is 0 Å². The van der Waals surface area contributed by atoms with E-state index >= 15 is 0 Å². The van der Waals surface area contributed by atoms with Crippen LogP contribution in [0.4, 0.5) is 0 Å². The molecule has 3 rings (SSSR count). The smallest absolute Gasteiger partial charge is 0.259 e. The van der Waals surface area contributed by atoms with Crippen molar-refractivity contribution in [2.75, 3.05) is 27.3 Å². The molecule has 0 saturated carbocycles. The van der Waals surface area contributed by atoms with Crippen LogP contribution in [0.1, 0.15) is 31.8 Å². The molecule has 0 atom stereocenters. The summed E-state index contributed by atoms with van der Waals surface area (Å²) in [5.41, 5.74) is 1.17. The lowest BCUT2D eigenvalue weighted by Crippen LogP contribution is -2.36. The Morgan fingerprint density at radius 3 is 2.44 bits per heavy atom. The van der Waals surface area contributed by atoms with E-state index in [1.54, 1.807) is 24.8 Å². The average Bonchev–Trinajstić information content (AvgIpc) is 2.83. The molecule has 0 fully saturated rings. The Kier molecular flexibility index (Phi) is 9.01. The fourth-order valence-electron chi connectivity index (χ4n) is 3.51. The summed E-state index contributed by atoms with van der Waals surface area (Å²) in [5, 5.41) is 3.40. The van der Waals surface area contributed by atoms with E-state index in [9.17, 15) is 14.4 Å². The van der Waals surface area contributed by atoms with Gasteiger partial charge in [0, 0.05) is 51.2 Å². The van der Waals surface area contributed by atoms with Crippen molar-refractivity contribution in [1.82, 2.24) is 14.8 Å². The molecule has 178 valence electrons. The van der Waals surface area contributed by atoms with E-state index in [1.165, 1.54) is 17.3 Å². The van der Waals surface area contributed by atoms with Crippen molar-refractivity contribution in [3.05, 3.63) is 104 Å². The summed E-state index contributed by atoms with van der Waals surface area (Å²) >= 11 is 6.01. The third-order valence-corrected chi connectivity index (χ3v) is 5.54. The number of hydrogen-bond donors (Lipinski definition) is 1. The quantitative estimate of drug-likeness (QED) is 0.481. The topological polar surface area (TPSA) is 80.6 Å². The van der Waals surface area contributed by atoms with Gasteiger partial charge in [0.15, 0.2) is 0 Å². The second-order valence-corrected chi connectivity index (χ2v) is 8.36. The number of halogens is 1. The summed E-state index contributed by atoms with van der Waals surface area (Å²) in [5.74, 6) is -0.979. The fraction of sp³-hybridized carbons (Fsp3) is 0.269. The zero-order chi connectivity index (χ0) is 24.5. The molecule has 1 heterocycles. The number of amides is 2. The molecule has 2 aromatic carbocycles. The number of nitrogens with zero attached hydrogens (tertiary/aromatic N) is 2. The van der Waals surface area contributed by atoms with Crippen molar-refractivity contribution in [3.63, 3.8) is 0 Å². The van der Waals surface area contributed by atoms with Crippen molar-refractivity contribution in [1.29, 1.82) is 0 Å². The lowest BCUT2D eigenvalue weighted by Gasteiger charge is -2.18. The molecule has 0 saturated heterocycles. The van der Waals surface area contributed by atoms with Crippen LogP contribution in [0.5, 0.6) is 0 Å². The Morgan fingerprint density at radius 2 is 1.74 bits per heavy atom. The molecule has 8 heteroatoms. The first-order chi connectivity index (χ1) is 16.4. The van der Waals surface area contributed by atoms with E-state index in [0.717, 1.165) is 11.1 Å². The van der Waals surface area contributed by atoms with E-state index in [2.05, 4.69) is 5.32 Å². The van der Waals surface area contributed by atoms with Gasteiger partial charge in [-0.3, -0.25) is 14.4 Å². The van der Waals surface area contributed by atoms with E-state index in [-0.39, 0.29) is 11.1 Å². The maximum Gasteiger partial charge on any atom is 0.259 e. The highest BCUT2D eigenvalue weighted by Crippen LogP contribution is 2.11. The number of benzene rings is 2. The van der Waals surface area contributed by atoms with Crippen molar-refractivity contribution in [2.24, 2.45) is 0 Å². The number of hydrogen-bond acceptors (Lipinski definition) is 4. The van der Waals surface area contributed by atoms with Crippen LogP contribution in [0.15, 0.2) is 71.8 Å². The first-order valence-electron chi connectivity index (χ1n) is 10.9. The summed E-state index contributed by atoms with van der Waals surface area (Å²) in [6, 6.07) is 16.9. The largest absolute Gasteiger partial charge is 0.383 e. The van der Waals surface area contributed by atoms with Gasteiger partial charge in [0.2, 0.25) is 5.43 Å². The van der Waals surface area contributed by atoms with Crippen molar-refractivity contribution in [3.8, 4) is 0 Å². The number of pyridine rings is 1. The fourth-order valence-corrected chi connectivity index (χ4v) is 3.73. The molecule has 1 N–H and O–H groups in total. The molecular formula is C26H28ClN3O4. The molecule has 0 spiro atoms. The van der Waals surface area contributed by atoms with Crippen LogP contribution >= 0.6 is 11.6 Å². The molecule has 1 aromatic heterocycles. The predicted octanol–water partition coefficient (Wildman–Crippen LogP) is 3.39. The molecule has 3 aromatic rings. The third kappa shape index (κ3) is 6.79. The third-order valence-electron chi connectivity index (χ3n) is 5.31. The van der Waals surface area contributed by atoms with Crippen LogP contribution < -0.4 is 10.7 Å². The highest BCUT2D eigenvalue weighted by molar-refractivity contribution is 6.30. The number of ether oxygens (including phenoxy) is 1. The van der Waals surface area contributed by atoms with Gasteiger partial charge in [-0.15, -0.1) is 0 Å². The second kappa shape index (κ2) is 12.2. The Hall–Kier alpha value is -3.42. The zero-order valence-electron chi connectivity index (χ0n) is 19.3. The summed E-state index contributed by atoms with van der Waals surface area (Å²) in [7, 11) is 3.19. The number of carbonyl (C=O) groups excluding carboxylic acids is 2. The number of carbonyl (C=O) groups is 2. The molecule has 0 bridgehead atoms. The minimum Gasteiger partial charge on any atom is -0.383 e. The standard InChI is InChI=1S/C26H28ClN3O4/c1-29(16-20-7-4-3-5-8-20)26(33)23-18-30(13-14-34-2)17-22(24(23)31)25(32)28-12-11-19-9-6-10-21(27)15-19/h3-10,15,17-18H,11-14,16H2,1-2H3,(H,28,32). The number of nitrogens with one attached hydrogen (secondary N) is 1. The van der Waals surface area contributed by atoms with E-state index in [1.807, 2.05) is 48.5 Å². The lowest BCUT2D eigenvalue weighted by atomic mass is 10.1. The molecular weight excluding hydrogens is 454 g/mol. The second-order valence-electron chi connectivity index (χ2n) is 7.93. The summed E-state index contributed by atoms with van der Waals surface area (Å²) in [4.78, 5) is 40.6. The number of aromatic nitrogens is 1. The maximum atomic E-state index is 13.1. The van der Waals surface area contributed by atoms with Crippen LogP contribution in [0, 0.1) is 0 Å². The number of methoxy groups -OCH3 is 1. The SMILES string of the molecule is COCCn1cc(C(=O)NCCc2cccc(Cl)c2)c(=O)c(C(=O)N(C)Cc2ccccc2)c1. The Morgan fingerprint density at radius 1 is 1.03 bits per heavy atom. The van der Waals surface area contributed by atoms with Crippen LogP contribution in [-0.4, -0.2) is 48.6 Å². The molecule has 34 heavy (non-hydrogen) atoms. The monoisotopic (exact) mass is 481 g/mol. The normalized spacial score (nSPS) is 10.7. The van der Waals surface area contributed by atoms with Crippen LogP contribution in [0.25, 0.3) is 0 Å². The Bertz CT molecular complexity index is 1190. The van der Waals surface area contributed by atoms with Crippen LogP contribution in [0.3, 0.4) is 0 Å². The van der Waals surface area contributed by atoms with Gasteiger partial charge < -0.3 is 19.5 Å². The Labute approximate surface area is 203 Å². The Balaban J connectivity index is 1.80. The van der Waals surface area contributed by atoms with Gasteiger partial charge in [0.25, 0.3) is 11.8 Å². The molecule has 2 amide bonds. The van der Waals surface area contributed by atoms with Crippen LogP contribution in [-0.2, 0) is 24.2 Å². The molecule has 0 aliphatic rings. The van der Waals surface area contributed by atoms with Gasteiger partial charge in [0.1, 0.15) is 11.1 Å². The number of rotatable bonds is 10. The highest BCUT2D eigenvalue weighted by atomic mass is 35.5. The van der Waals surface area contributed by atoms with Gasteiger partial charge in [-0.1, -0.05) is 54.1 Å². The van der Waals surface area contributed by atoms with Crippen molar-refractivity contribution >= 4 is 23.4 Å². The predicted molar refractivity (Wildman–Crippen MR) is 132 cm³/mol. The minimum absolute atomic E-state index is 0.0583. The summed E-state index contributed by atoms with van der Waals surface area (Å²) in [6.45, 7) is 1.42. The van der Waals surface area contributed by atoms with E-state index in [0.29, 0.717) is 37.7 Å². The van der Waals surface area contributed by atoms with Crippen molar-refractivity contribution in [2.45, 2.75) is 19.5 Å². The zero-order valence-corrected chi connectivity index (χ0v) is 20.0. The van der Waals surface area contributed by atoms with E-state index in [4.69, 9.17) is 16.3 Å². The molecule has 0 unspecified atom stereocenters. The highest BCUT2D eigenvalue weighted by Gasteiger charge is 2.22. The first kappa shape index (κ1) is 25.2. The average molecular weight is 482 g/mol. The van der Waals surface area contributed by atoms with E-state index < -0.39 is 17.2 Å². The first-order valence-corrected chi connectivity index (χ1v) is 11.3.